The minimum absolute atomic E-state index is 0.266. The van der Waals surface area contributed by atoms with Gasteiger partial charge in [-0.1, -0.05) is 0 Å². The number of carbonyl (C=O) groups is 3. The first-order valence-electron chi connectivity index (χ1n) is 4.42. The van der Waals surface area contributed by atoms with E-state index < -0.39 is 47.7 Å². The van der Waals surface area contributed by atoms with E-state index in [0.717, 1.165) is 18.2 Å². The van der Waals surface area contributed by atoms with Gasteiger partial charge in [0, 0.05) is 0 Å². The van der Waals surface area contributed by atoms with Crippen LogP contribution in [0, 0.1) is 0 Å². The van der Waals surface area contributed by atoms with Crippen molar-refractivity contribution in [1.82, 2.24) is 0 Å². The molecule has 5 N–H and O–H groups in total. The van der Waals surface area contributed by atoms with Gasteiger partial charge in [0.05, 0.1) is 16.7 Å². The van der Waals surface area contributed by atoms with Crippen molar-refractivity contribution in [2.45, 2.75) is 0 Å². The van der Waals surface area contributed by atoms with E-state index in [2.05, 4.69) is 0 Å². The average molecular weight is 308 g/mol. The van der Waals surface area contributed by atoms with Gasteiger partial charge in [0.2, 0.25) is 0 Å². The third-order valence-corrected chi connectivity index (χ3v) is 1.73. The van der Waals surface area contributed by atoms with Crippen molar-refractivity contribution in [3.8, 4) is 0 Å². The van der Waals surface area contributed by atoms with E-state index >= 15 is 0 Å². The van der Waals surface area contributed by atoms with Gasteiger partial charge in [0.25, 0.3) is 0 Å². The maximum atomic E-state index is 10.6. The number of benzene rings is 1. The molecule has 0 saturated heterocycles. The molecule has 0 saturated carbocycles. The summed E-state index contributed by atoms with van der Waals surface area (Å²) in [5.74, 6) is -4.20. The monoisotopic (exact) mass is 308 g/mol. The summed E-state index contributed by atoms with van der Waals surface area (Å²) >= 11 is -3.58. The molecular formula is C9H8O9Ti. The van der Waals surface area contributed by atoms with Gasteiger partial charge in [-0.3, -0.25) is 0 Å². The van der Waals surface area contributed by atoms with Crippen molar-refractivity contribution in [3.63, 3.8) is 0 Å². The van der Waals surface area contributed by atoms with Crippen LogP contribution in [0.3, 0.4) is 0 Å². The van der Waals surface area contributed by atoms with Crippen LogP contribution in [0.5, 0.6) is 0 Å². The first-order chi connectivity index (χ1) is 8.66. The molecule has 0 aliphatic rings. The summed E-state index contributed by atoms with van der Waals surface area (Å²) in [5.41, 5.74) is -1.24. The normalized spacial score (nSPS) is 8.95. The van der Waals surface area contributed by atoms with Crippen LogP contribution in [0.4, 0.5) is 0 Å². The summed E-state index contributed by atoms with van der Waals surface area (Å²) in [6.07, 6.45) is 0. The van der Waals surface area contributed by atoms with Crippen LogP contribution >= 0.6 is 0 Å². The second-order valence-electron chi connectivity index (χ2n) is 2.96. The zero-order valence-electron chi connectivity index (χ0n) is 9.10. The molecule has 10 heteroatoms. The van der Waals surface area contributed by atoms with E-state index in [1.807, 2.05) is 0 Å². The first kappa shape index (κ1) is 17.1. The Kier molecular flexibility index (Phi) is 6.73. The van der Waals surface area contributed by atoms with Gasteiger partial charge >= 0.3 is 47.2 Å². The Balaban J connectivity index is 0.000000711. The standard InChI is InChI=1S/C9H6O6.2H2O.O.Ti/c10-7(11)4-1-2-5(8(12)13)6(3-4)9(14)15;;;;/h1-3H,(H,10,11)(H,12,13)(H,14,15);2*1H2;;/q;;;;+2/p-2. The molecule has 0 spiro atoms. The van der Waals surface area contributed by atoms with Crippen LogP contribution in [0.2, 0.25) is 0 Å². The van der Waals surface area contributed by atoms with Crippen LogP contribution in [0.1, 0.15) is 31.1 Å². The van der Waals surface area contributed by atoms with E-state index in [9.17, 15) is 14.4 Å². The number of rotatable bonds is 3. The van der Waals surface area contributed by atoms with Crippen molar-refractivity contribution >= 4 is 17.9 Å². The van der Waals surface area contributed by atoms with E-state index in [4.69, 9.17) is 26.0 Å². The maximum absolute atomic E-state index is 10.6. The molecule has 1 rings (SSSR count). The quantitative estimate of drug-likeness (QED) is 0.464. The molecule has 0 bridgehead atoms. The summed E-state index contributed by atoms with van der Waals surface area (Å²) in [6.45, 7) is 0. The molecule has 1 aromatic carbocycles. The summed E-state index contributed by atoms with van der Waals surface area (Å²) in [4.78, 5) is 31.8. The van der Waals surface area contributed by atoms with Crippen molar-refractivity contribution in [1.29, 1.82) is 0 Å². The van der Waals surface area contributed by atoms with Gasteiger partial charge in [-0.25, -0.2) is 14.4 Å². The summed E-state index contributed by atoms with van der Waals surface area (Å²) in [5, 5.41) is 25.9. The van der Waals surface area contributed by atoms with E-state index in [1.165, 1.54) is 0 Å². The van der Waals surface area contributed by atoms with Gasteiger partial charge in [-0.05, 0) is 18.2 Å². The van der Waals surface area contributed by atoms with Crippen LogP contribution in [-0.2, 0) is 21.9 Å². The molecule has 0 aromatic heterocycles. The predicted octanol–water partition coefficient (Wildman–Crippen LogP) is -0.454. The van der Waals surface area contributed by atoms with Crippen molar-refractivity contribution in [2.75, 3.05) is 0 Å². The molecule has 0 heterocycles. The molecule has 9 nitrogen and oxygen atoms in total. The third kappa shape index (κ3) is 5.97. The van der Waals surface area contributed by atoms with Crippen LogP contribution in [0.25, 0.3) is 0 Å². The molecule has 1 aromatic rings. The predicted molar refractivity (Wildman–Crippen MR) is 52.4 cm³/mol. The van der Waals surface area contributed by atoms with Crippen molar-refractivity contribution in [2.24, 2.45) is 0 Å². The Labute approximate surface area is 112 Å². The molecule has 0 radical (unpaired) electrons. The summed E-state index contributed by atoms with van der Waals surface area (Å²) in [7, 11) is 0. The SMILES string of the molecule is O=C(O)c1ccc(C(=O)O)c(C(=O)O)c1.[O]=[Ti]([OH])[OH]. The molecule has 0 atom stereocenters. The topological polar surface area (TPSA) is 169 Å². The van der Waals surface area contributed by atoms with Gasteiger partial charge < -0.3 is 15.3 Å². The second kappa shape index (κ2) is 7.49. The fourth-order valence-corrected chi connectivity index (χ4v) is 1.04. The Morgan fingerprint density at radius 3 is 1.58 bits per heavy atom. The van der Waals surface area contributed by atoms with E-state index in [1.54, 1.807) is 0 Å². The molecular weight excluding hydrogens is 300 g/mol. The molecule has 0 amide bonds. The number of hydrogen-bond acceptors (Lipinski definition) is 4. The zero-order chi connectivity index (χ0) is 15.2. The fourth-order valence-electron chi connectivity index (χ4n) is 1.04. The zero-order valence-corrected chi connectivity index (χ0v) is 10.7. The average Bonchev–Trinajstić information content (AvgIpc) is 2.27. The van der Waals surface area contributed by atoms with Crippen molar-refractivity contribution in [3.05, 3.63) is 34.9 Å². The van der Waals surface area contributed by atoms with Crippen LogP contribution in [-0.4, -0.2) is 40.6 Å². The molecule has 0 aliphatic heterocycles. The Morgan fingerprint density at radius 2 is 1.26 bits per heavy atom. The number of hydrogen-bond donors (Lipinski definition) is 5. The molecule has 19 heavy (non-hydrogen) atoms. The molecule has 0 aliphatic carbocycles. The summed E-state index contributed by atoms with van der Waals surface area (Å²) in [6, 6.07) is 2.81. The Hall–Kier alpha value is -1.94. The van der Waals surface area contributed by atoms with E-state index in [-0.39, 0.29) is 5.56 Å². The first-order valence-corrected chi connectivity index (χ1v) is 6.46. The van der Waals surface area contributed by atoms with Gasteiger partial charge in [0.15, 0.2) is 0 Å². The summed E-state index contributed by atoms with van der Waals surface area (Å²) < 4.78 is 23.2. The number of carboxylic acids is 3. The van der Waals surface area contributed by atoms with Gasteiger partial charge in [-0.2, -0.15) is 0 Å². The number of aromatic carboxylic acids is 3. The van der Waals surface area contributed by atoms with Crippen molar-refractivity contribution < 1.29 is 59.0 Å². The molecule has 0 unspecified atom stereocenters. The van der Waals surface area contributed by atoms with Gasteiger partial charge in [0.1, 0.15) is 0 Å². The molecule has 0 fully saturated rings. The Morgan fingerprint density at radius 1 is 0.842 bits per heavy atom. The Bertz CT molecular complexity index is 532. The minimum atomic E-state index is -3.58. The second-order valence-corrected chi connectivity index (χ2v) is 3.84. The van der Waals surface area contributed by atoms with E-state index in [0.29, 0.717) is 0 Å². The molecule has 102 valence electrons. The van der Waals surface area contributed by atoms with Gasteiger partial charge in [-0.15, -0.1) is 0 Å². The van der Waals surface area contributed by atoms with Crippen LogP contribution < -0.4 is 0 Å². The fraction of sp³-hybridized carbons (Fsp3) is 0. The number of carboxylic acid groups (broad SMARTS) is 3. The van der Waals surface area contributed by atoms with Crippen LogP contribution in [0.15, 0.2) is 18.2 Å². The third-order valence-electron chi connectivity index (χ3n) is 1.73.